The zero-order chi connectivity index (χ0) is 10.7. The fourth-order valence-electron chi connectivity index (χ4n) is 1.32. The fraction of sp³-hybridized carbons (Fsp3) is 0.778. The third-order valence-electron chi connectivity index (χ3n) is 2.32. The van der Waals surface area contributed by atoms with Gasteiger partial charge >= 0.3 is 6.09 Å². The number of rotatable bonds is 3. The van der Waals surface area contributed by atoms with E-state index in [0.717, 1.165) is 4.43 Å². The summed E-state index contributed by atoms with van der Waals surface area (Å²) in [5.74, 6) is 0.0750. The van der Waals surface area contributed by atoms with Gasteiger partial charge in [0.15, 0.2) is 0 Å². The summed E-state index contributed by atoms with van der Waals surface area (Å²) in [5.41, 5.74) is 0. The number of hydrogen-bond donors (Lipinski definition) is 0. The predicted molar refractivity (Wildman–Crippen MR) is 60.3 cm³/mol. The van der Waals surface area contributed by atoms with Crippen molar-refractivity contribution in [2.24, 2.45) is 11.8 Å². The first kappa shape index (κ1) is 11.7. The quantitative estimate of drug-likeness (QED) is 0.588. The van der Waals surface area contributed by atoms with E-state index in [1.807, 2.05) is 13.8 Å². The van der Waals surface area contributed by atoms with E-state index in [-0.39, 0.29) is 17.7 Å². The molecule has 0 aromatic carbocycles. The van der Waals surface area contributed by atoms with E-state index in [9.17, 15) is 9.59 Å². The normalized spacial score (nSPS) is 18.6. The van der Waals surface area contributed by atoms with Gasteiger partial charge in [0.25, 0.3) is 0 Å². The van der Waals surface area contributed by atoms with Gasteiger partial charge in [0, 0.05) is 10.3 Å². The highest BCUT2D eigenvalue weighted by atomic mass is 127. The van der Waals surface area contributed by atoms with Crippen LogP contribution in [-0.2, 0) is 9.53 Å². The molecule has 1 rings (SSSR count). The van der Waals surface area contributed by atoms with Crippen LogP contribution >= 0.6 is 22.6 Å². The van der Waals surface area contributed by atoms with Crippen LogP contribution in [0.2, 0.25) is 0 Å². The molecule has 1 fully saturated rings. The second kappa shape index (κ2) is 4.95. The molecule has 1 aliphatic rings. The van der Waals surface area contributed by atoms with Gasteiger partial charge in [-0.1, -0.05) is 36.4 Å². The Morgan fingerprint density at radius 3 is 2.64 bits per heavy atom. The van der Waals surface area contributed by atoms with E-state index >= 15 is 0 Å². The number of cyclic esters (lactones) is 1. The van der Waals surface area contributed by atoms with Gasteiger partial charge in [-0.25, -0.2) is 9.69 Å². The molecule has 4 nitrogen and oxygen atoms in total. The van der Waals surface area contributed by atoms with Crippen molar-refractivity contribution in [1.29, 1.82) is 0 Å². The van der Waals surface area contributed by atoms with Crippen LogP contribution in [0.15, 0.2) is 0 Å². The maximum Gasteiger partial charge on any atom is 0.416 e. The van der Waals surface area contributed by atoms with Crippen LogP contribution in [0.25, 0.3) is 0 Å². The van der Waals surface area contributed by atoms with Crippen LogP contribution in [0.5, 0.6) is 0 Å². The van der Waals surface area contributed by atoms with Gasteiger partial charge in [-0.15, -0.1) is 0 Å². The number of halogens is 1. The molecule has 0 unspecified atom stereocenters. The number of carbonyl (C=O) groups is 2. The van der Waals surface area contributed by atoms with Gasteiger partial charge in [0.1, 0.15) is 6.61 Å². The summed E-state index contributed by atoms with van der Waals surface area (Å²) in [6, 6.07) is 0. The van der Waals surface area contributed by atoms with Crippen molar-refractivity contribution in [2.75, 3.05) is 17.6 Å². The Morgan fingerprint density at radius 2 is 2.29 bits per heavy atom. The molecule has 1 aliphatic heterocycles. The predicted octanol–water partition coefficient (Wildman–Crippen LogP) is 1.67. The Morgan fingerprint density at radius 1 is 1.64 bits per heavy atom. The molecule has 0 aromatic heterocycles. The molecular weight excluding hydrogens is 297 g/mol. The van der Waals surface area contributed by atoms with Crippen molar-refractivity contribution in [3.8, 4) is 0 Å². The number of amides is 2. The maximum absolute atomic E-state index is 11.8. The molecule has 1 heterocycles. The molecule has 2 amide bonds. The smallest absolute Gasteiger partial charge is 0.416 e. The lowest BCUT2D eigenvalue weighted by Gasteiger charge is -2.21. The maximum atomic E-state index is 11.8. The zero-order valence-electron chi connectivity index (χ0n) is 8.33. The second-order valence-corrected chi connectivity index (χ2v) is 4.49. The summed E-state index contributed by atoms with van der Waals surface area (Å²) in [6.07, 6.45) is -0.495. The number of carbonyl (C=O) groups excluding carboxylic acids is 2. The van der Waals surface area contributed by atoms with Gasteiger partial charge in [-0.2, -0.15) is 0 Å². The molecule has 1 atom stereocenters. The highest BCUT2D eigenvalue weighted by Crippen LogP contribution is 2.19. The molecule has 14 heavy (non-hydrogen) atoms. The number of nitrogens with zero attached hydrogens (tertiary/aromatic N) is 1. The highest BCUT2D eigenvalue weighted by Gasteiger charge is 2.34. The lowest BCUT2D eigenvalue weighted by Crippen LogP contribution is -2.39. The number of alkyl halides is 1. The third kappa shape index (κ3) is 2.37. The van der Waals surface area contributed by atoms with E-state index in [1.165, 1.54) is 4.90 Å². The Bertz CT molecular complexity index is 242. The SMILES string of the molecule is CC(C)[C@@H](CI)C(=O)N1CCOC1=O. The van der Waals surface area contributed by atoms with Gasteiger partial charge in [0.05, 0.1) is 6.54 Å². The second-order valence-electron chi connectivity index (χ2n) is 3.61. The van der Waals surface area contributed by atoms with Crippen LogP contribution in [-0.4, -0.2) is 34.5 Å². The summed E-state index contributed by atoms with van der Waals surface area (Å²) in [7, 11) is 0. The Kier molecular flexibility index (Phi) is 4.15. The topological polar surface area (TPSA) is 46.6 Å². The lowest BCUT2D eigenvalue weighted by atomic mass is 9.97. The van der Waals surface area contributed by atoms with E-state index in [2.05, 4.69) is 22.6 Å². The molecule has 0 spiro atoms. The van der Waals surface area contributed by atoms with Crippen LogP contribution < -0.4 is 0 Å². The van der Waals surface area contributed by atoms with Gasteiger partial charge < -0.3 is 4.74 Å². The first-order chi connectivity index (χ1) is 6.57. The largest absolute Gasteiger partial charge is 0.447 e. The summed E-state index contributed by atoms with van der Waals surface area (Å²) in [4.78, 5) is 24.2. The minimum absolute atomic E-state index is 0.0822. The first-order valence-corrected chi connectivity index (χ1v) is 6.14. The van der Waals surface area contributed by atoms with Gasteiger partial charge in [0.2, 0.25) is 5.91 Å². The molecule has 1 saturated heterocycles. The van der Waals surface area contributed by atoms with Crippen molar-refractivity contribution in [3.63, 3.8) is 0 Å². The summed E-state index contributed by atoms with van der Waals surface area (Å²) < 4.78 is 5.46. The lowest BCUT2D eigenvalue weighted by molar-refractivity contribution is -0.132. The van der Waals surface area contributed by atoms with Gasteiger partial charge in [-0.05, 0) is 5.92 Å². The summed E-state index contributed by atoms with van der Waals surface area (Å²) in [6.45, 7) is 4.71. The van der Waals surface area contributed by atoms with Crippen molar-refractivity contribution in [3.05, 3.63) is 0 Å². The Balaban J connectivity index is 2.67. The van der Waals surface area contributed by atoms with E-state index in [4.69, 9.17) is 4.74 Å². The fourth-order valence-corrected chi connectivity index (χ4v) is 2.72. The molecule has 0 aromatic rings. The number of ether oxygens (including phenoxy) is 1. The molecule has 80 valence electrons. The van der Waals surface area contributed by atoms with Crippen molar-refractivity contribution in [1.82, 2.24) is 4.90 Å². The zero-order valence-corrected chi connectivity index (χ0v) is 10.5. The van der Waals surface area contributed by atoms with Gasteiger partial charge in [-0.3, -0.25) is 4.79 Å². The molecule has 0 saturated carbocycles. The highest BCUT2D eigenvalue weighted by molar-refractivity contribution is 14.1. The van der Waals surface area contributed by atoms with Crippen molar-refractivity contribution >= 4 is 34.6 Å². The third-order valence-corrected chi connectivity index (χ3v) is 3.26. The van der Waals surface area contributed by atoms with Crippen molar-refractivity contribution in [2.45, 2.75) is 13.8 Å². The van der Waals surface area contributed by atoms with Crippen LogP contribution in [0.1, 0.15) is 13.8 Å². The minimum Gasteiger partial charge on any atom is -0.447 e. The standard InChI is InChI=1S/C9H14INO3/c1-6(2)7(5-10)8(12)11-3-4-14-9(11)13/h6-7H,3-5H2,1-2H3/t7-/m1/s1. The molecule has 0 bridgehead atoms. The monoisotopic (exact) mass is 311 g/mol. The Hall–Kier alpha value is -0.330. The number of imide groups is 1. The minimum atomic E-state index is -0.495. The average Bonchev–Trinajstić information content (AvgIpc) is 2.51. The van der Waals surface area contributed by atoms with E-state index < -0.39 is 6.09 Å². The molecule has 5 heteroatoms. The molecular formula is C9H14INO3. The van der Waals surface area contributed by atoms with E-state index in [1.54, 1.807) is 0 Å². The first-order valence-electron chi connectivity index (χ1n) is 4.62. The Labute approximate surface area is 97.1 Å². The molecule has 0 aliphatic carbocycles. The van der Waals surface area contributed by atoms with Crippen LogP contribution in [0.4, 0.5) is 4.79 Å². The summed E-state index contributed by atoms with van der Waals surface area (Å²) >= 11 is 2.17. The molecule has 0 radical (unpaired) electrons. The van der Waals surface area contributed by atoms with Crippen LogP contribution in [0, 0.1) is 11.8 Å². The average molecular weight is 311 g/mol. The molecule has 0 N–H and O–H groups in total. The van der Waals surface area contributed by atoms with Crippen LogP contribution in [0.3, 0.4) is 0 Å². The van der Waals surface area contributed by atoms with Crippen molar-refractivity contribution < 1.29 is 14.3 Å². The van der Waals surface area contributed by atoms with E-state index in [0.29, 0.717) is 13.2 Å². The number of hydrogen-bond acceptors (Lipinski definition) is 3. The summed E-state index contributed by atoms with van der Waals surface area (Å²) in [5, 5.41) is 0.